The topological polar surface area (TPSA) is 51.0 Å². The van der Waals surface area contributed by atoms with Gasteiger partial charge in [0.25, 0.3) is 0 Å². The molecule has 0 atom stereocenters. The Morgan fingerprint density at radius 3 is 2.81 bits per heavy atom. The Labute approximate surface area is 124 Å². The van der Waals surface area contributed by atoms with Gasteiger partial charge in [0, 0.05) is 36.7 Å². The minimum Gasteiger partial charge on any atom is -0.461 e. The lowest BCUT2D eigenvalue weighted by Crippen LogP contribution is -2.14. The number of rotatable bonds is 5. The summed E-state index contributed by atoms with van der Waals surface area (Å²) in [7, 11) is 0. The van der Waals surface area contributed by atoms with Crippen molar-refractivity contribution in [2.75, 3.05) is 0 Å². The molecule has 2 heterocycles. The molecular weight excluding hydrogens is 262 g/mol. The van der Waals surface area contributed by atoms with Gasteiger partial charge in [-0.2, -0.15) is 0 Å². The number of aromatic nitrogens is 2. The summed E-state index contributed by atoms with van der Waals surface area (Å²) >= 11 is 0. The molecule has 0 aliphatic carbocycles. The average molecular weight is 281 g/mol. The van der Waals surface area contributed by atoms with Gasteiger partial charge in [-0.05, 0) is 19.1 Å². The summed E-state index contributed by atoms with van der Waals surface area (Å²) in [6.45, 7) is 5.53. The fourth-order valence-electron chi connectivity index (χ4n) is 2.55. The maximum absolute atomic E-state index is 5.90. The van der Waals surface area contributed by atoms with Gasteiger partial charge < -0.3 is 9.73 Å². The normalized spacial score (nSPS) is 11.1. The van der Waals surface area contributed by atoms with Crippen molar-refractivity contribution in [2.24, 2.45) is 0 Å². The smallest absolute Gasteiger partial charge is 0.134 e. The molecule has 1 aromatic carbocycles. The molecule has 0 radical (unpaired) electrons. The molecule has 0 aliphatic rings. The van der Waals surface area contributed by atoms with Crippen molar-refractivity contribution in [2.45, 2.75) is 33.4 Å². The highest BCUT2D eigenvalue weighted by Crippen LogP contribution is 2.26. The summed E-state index contributed by atoms with van der Waals surface area (Å²) in [5, 5.41) is 4.64. The van der Waals surface area contributed by atoms with Crippen LogP contribution in [0.15, 0.2) is 40.9 Å². The lowest BCUT2D eigenvalue weighted by atomic mass is 10.1. The molecule has 0 saturated carbocycles. The fraction of sp³-hybridized carbons (Fsp3) is 0.294. The van der Waals surface area contributed by atoms with E-state index < -0.39 is 0 Å². The third kappa shape index (κ3) is 2.95. The molecule has 0 spiro atoms. The quantitative estimate of drug-likeness (QED) is 0.779. The SMILES string of the molecule is CCc1oc2ccccc2c1CNCc1ccnc(C)n1. The van der Waals surface area contributed by atoms with E-state index in [-0.39, 0.29) is 0 Å². The Morgan fingerprint density at radius 1 is 1.14 bits per heavy atom. The molecule has 4 nitrogen and oxygen atoms in total. The van der Waals surface area contributed by atoms with Gasteiger partial charge in [0.15, 0.2) is 0 Å². The minimum atomic E-state index is 0.728. The van der Waals surface area contributed by atoms with Crippen molar-refractivity contribution < 1.29 is 4.42 Å². The van der Waals surface area contributed by atoms with Crippen LogP contribution in [0.4, 0.5) is 0 Å². The minimum absolute atomic E-state index is 0.728. The van der Waals surface area contributed by atoms with E-state index in [0.29, 0.717) is 0 Å². The number of benzene rings is 1. The van der Waals surface area contributed by atoms with Gasteiger partial charge in [-0.1, -0.05) is 25.1 Å². The second-order valence-electron chi connectivity index (χ2n) is 5.05. The largest absolute Gasteiger partial charge is 0.461 e. The van der Waals surface area contributed by atoms with Gasteiger partial charge >= 0.3 is 0 Å². The van der Waals surface area contributed by atoms with Crippen LogP contribution in [0.3, 0.4) is 0 Å². The number of fused-ring (bicyclic) bond motifs is 1. The lowest BCUT2D eigenvalue weighted by molar-refractivity contribution is 0.543. The van der Waals surface area contributed by atoms with Crippen LogP contribution in [0.2, 0.25) is 0 Å². The maximum Gasteiger partial charge on any atom is 0.134 e. The highest BCUT2D eigenvalue weighted by atomic mass is 16.3. The average Bonchev–Trinajstić information content (AvgIpc) is 2.86. The first-order valence-electron chi connectivity index (χ1n) is 7.26. The van der Waals surface area contributed by atoms with Gasteiger partial charge in [-0.25, -0.2) is 9.97 Å². The van der Waals surface area contributed by atoms with Crippen LogP contribution in [0.1, 0.15) is 29.8 Å². The highest BCUT2D eigenvalue weighted by Gasteiger charge is 2.11. The van der Waals surface area contributed by atoms with E-state index in [0.717, 1.165) is 42.4 Å². The molecule has 0 aliphatic heterocycles. The number of hydrogen-bond acceptors (Lipinski definition) is 4. The Hall–Kier alpha value is -2.20. The molecule has 0 bridgehead atoms. The number of nitrogens with zero attached hydrogens (tertiary/aromatic N) is 2. The molecule has 4 heteroatoms. The first-order chi connectivity index (χ1) is 10.3. The Bertz CT molecular complexity index is 749. The third-order valence-electron chi connectivity index (χ3n) is 3.54. The second kappa shape index (κ2) is 6.06. The zero-order valence-electron chi connectivity index (χ0n) is 12.4. The maximum atomic E-state index is 5.90. The van der Waals surface area contributed by atoms with Crippen LogP contribution in [0.5, 0.6) is 0 Å². The Morgan fingerprint density at radius 2 is 2.00 bits per heavy atom. The molecule has 108 valence electrons. The van der Waals surface area contributed by atoms with Gasteiger partial charge in [0.1, 0.15) is 17.2 Å². The molecule has 0 saturated heterocycles. The van der Waals surface area contributed by atoms with Crippen molar-refractivity contribution in [3.05, 3.63) is 59.4 Å². The zero-order chi connectivity index (χ0) is 14.7. The Kier molecular flexibility index (Phi) is 3.97. The monoisotopic (exact) mass is 281 g/mol. The standard InChI is InChI=1S/C17H19N3O/c1-3-16-15(14-6-4-5-7-17(14)21-16)11-18-10-13-8-9-19-12(2)20-13/h4-9,18H,3,10-11H2,1-2H3. The number of nitrogens with one attached hydrogen (secondary N) is 1. The van der Waals surface area contributed by atoms with Crippen molar-refractivity contribution in [3.8, 4) is 0 Å². The highest BCUT2D eigenvalue weighted by molar-refractivity contribution is 5.82. The van der Waals surface area contributed by atoms with E-state index in [1.165, 1.54) is 10.9 Å². The molecule has 3 aromatic rings. The fourth-order valence-corrected chi connectivity index (χ4v) is 2.55. The van der Waals surface area contributed by atoms with Crippen LogP contribution < -0.4 is 5.32 Å². The molecule has 0 fully saturated rings. The summed E-state index contributed by atoms with van der Waals surface area (Å²) in [5.74, 6) is 1.86. The summed E-state index contributed by atoms with van der Waals surface area (Å²) in [4.78, 5) is 8.51. The number of aryl methyl sites for hydroxylation is 2. The van der Waals surface area contributed by atoms with Gasteiger partial charge in [-0.15, -0.1) is 0 Å². The summed E-state index contributed by atoms with van der Waals surface area (Å²) in [6.07, 6.45) is 2.70. The van der Waals surface area contributed by atoms with E-state index >= 15 is 0 Å². The van der Waals surface area contributed by atoms with E-state index in [1.807, 2.05) is 25.1 Å². The van der Waals surface area contributed by atoms with E-state index in [9.17, 15) is 0 Å². The van der Waals surface area contributed by atoms with Gasteiger partial charge in [-0.3, -0.25) is 0 Å². The summed E-state index contributed by atoms with van der Waals surface area (Å²) < 4.78 is 5.90. The summed E-state index contributed by atoms with van der Waals surface area (Å²) in [6, 6.07) is 10.1. The van der Waals surface area contributed by atoms with Crippen LogP contribution in [-0.4, -0.2) is 9.97 Å². The first-order valence-corrected chi connectivity index (χ1v) is 7.26. The molecule has 0 unspecified atom stereocenters. The Balaban J connectivity index is 1.75. The molecule has 1 N–H and O–H groups in total. The van der Waals surface area contributed by atoms with Crippen LogP contribution >= 0.6 is 0 Å². The molecule has 3 rings (SSSR count). The van der Waals surface area contributed by atoms with E-state index in [2.05, 4.69) is 34.3 Å². The van der Waals surface area contributed by atoms with Crippen LogP contribution in [0.25, 0.3) is 11.0 Å². The van der Waals surface area contributed by atoms with Crippen molar-refractivity contribution >= 4 is 11.0 Å². The second-order valence-corrected chi connectivity index (χ2v) is 5.05. The van der Waals surface area contributed by atoms with E-state index in [4.69, 9.17) is 4.42 Å². The lowest BCUT2D eigenvalue weighted by Gasteiger charge is -2.05. The molecular formula is C17H19N3O. The third-order valence-corrected chi connectivity index (χ3v) is 3.54. The number of para-hydroxylation sites is 1. The van der Waals surface area contributed by atoms with Crippen LogP contribution in [0, 0.1) is 6.92 Å². The van der Waals surface area contributed by atoms with Crippen molar-refractivity contribution in [1.29, 1.82) is 0 Å². The number of hydrogen-bond donors (Lipinski definition) is 1. The number of furan rings is 1. The molecule has 21 heavy (non-hydrogen) atoms. The predicted octanol–water partition coefficient (Wildman–Crippen LogP) is 3.38. The van der Waals surface area contributed by atoms with Crippen molar-refractivity contribution in [1.82, 2.24) is 15.3 Å². The molecule has 0 amide bonds. The predicted molar refractivity (Wildman–Crippen MR) is 82.9 cm³/mol. The van der Waals surface area contributed by atoms with Crippen LogP contribution in [-0.2, 0) is 19.5 Å². The summed E-state index contributed by atoms with van der Waals surface area (Å²) in [5.41, 5.74) is 3.22. The molecule has 2 aromatic heterocycles. The van der Waals surface area contributed by atoms with Gasteiger partial charge in [0.2, 0.25) is 0 Å². The first kappa shape index (κ1) is 13.8. The van der Waals surface area contributed by atoms with Gasteiger partial charge in [0.05, 0.1) is 5.69 Å². The van der Waals surface area contributed by atoms with Crippen molar-refractivity contribution in [3.63, 3.8) is 0 Å². The van der Waals surface area contributed by atoms with E-state index in [1.54, 1.807) is 6.20 Å². The zero-order valence-corrected chi connectivity index (χ0v) is 12.4.